The van der Waals surface area contributed by atoms with Gasteiger partial charge in [0.2, 0.25) is 0 Å². The quantitative estimate of drug-likeness (QED) is 0.241. The van der Waals surface area contributed by atoms with Gasteiger partial charge in [0.25, 0.3) is 0 Å². The summed E-state index contributed by atoms with van der Waals surface area (Å²) in [6, 6.07) is 8.54. The Labute approximate surface area is 185 Å². The van der Waals surface area contributed by atoms with Gasteiger partial charge in [-0.05, 0) is 50.5 Å². The zero-order valence-electron chi connectivity index (χ0n) is 18.8. The molecule has 4 nitrogen and oxygen atoms in total. The Bertz CT molecular complexity index is 791. The molecule has 5 heteroatoms. The van der Waals surface area contributed by atoms with Crippen LogP contribution in [0.5, 0.6) is 11.5 Å². The highest BCUT2D eigenvalue weighted by Gasteiger charge is 2.19. The largest absolute Gasteiger partial charge is 0.488 e. The second-order valence-electron chi connectivity index (χ2n) is 7.11. The molecule has 1 heterocycles. The van der Waals surface area contributed by atoms with E-state index in [1.807, 2.05) is 6.08 Å². The molecule has 0 spiro atoms. The molecule has 0 aliphatic carbocycles. The van der Waals surface area contributed by atoms with Crippen molar-refractivity contribution in [3.63, 3.8) is 0 Å². The Morgan fingerprint density at radius 3 is 1.90 bits per heavy atom. The number of nitrogens with zero attached hydrogens (tertiary/aromatic N) is 1. The zero-order valence-corrected chi connectivity index (χ0v) is 19.6. The molecule has 0 saturated heterocycles. The van der Waals surface area contributed by atoms with Gasteiger partial charge in [0.1, 0.15) is 4.88 Å². The third kappa shape index (κ3) is 6.63. The molecule has 0 unspecified atom stereocenters. The van der Waals surface area contributed by atoms with Crippen molar-refractivity contribution in [3.8, 4) is 11.5 Å². The Balaban J connectivity index is 2.26. The van der Waals surface area contributed by atoms with E-state index < -0.39 is 0 Å². The van der Waals surface area contributed by atoms with Crippen molar-refractivity contribution in [3.05, 3.63) is 39.6 Å². The monoisotopic (exact) mass is 429 g/mol. The number of carbonyl (C=O) groups is 1. The van der Waals surface area contributed by atoms with Crippen molar-refractivity contribution in [1.82, 2.24) is 0 Å². The van der Waals surface area contributed by atoms with Crippen LogP contribution in [-0.2, 0) is 0 Å². The predicted molar refractivity (Wildman–Crippen MR) is 129 cm³/mol. The summed E-state index contributed by atoms with van der Waals surface area (Å²) < 4.78 is 12.0. The van der Waals surface area contributed by atoms with E-state index in [0.29, 0.717) is 29.6 Å². The number of thiophene rings is 1. The van der Waals surface area contributed by atoms with Crippen LogP contribution < -0.4 is 14.4 Å². The van der Waals surface area contributed by atoms with Crippen molar-refractivity contribution >= 4 is 35.5 Å². The van der Waals surface area contributed by atoms with Crippen molar-refractivity contribution in [2.45, 2.75) is 53.4 Å². The van der Waals surface area contributed by atoms with Crippen LogP contribution in [0.1, 0.15) is 73.5 Å². The summed E-state index contributed by atoms with van der Waals surface area (Å²) in [7, 11) is 0. The van der Waals surface area contributed by atoms with Crippen molar-refractivity contribution in [2.24, 2.45) is 0 Å². The van der Waals surface area contributed by atoms with Crippen LogP contribution in [0.3, 0.4) is 0 Å². The summed E-state index contributed by atoms with van der Waals surface area (Å²) in [6.07, 6.45) is 8.98. The fourth-order valence-electron chi connectivity index (χ4n) is 3.09. The van der Waals surface area contributed by atoms with Gasteiger partial charge in [-0.25, -0.2) is 0 Å². The zero-order chi connectivity index (χ0) is 21.8. The summed E-state index contributed by atoms with van der Waals surface area (Å²) in [4.78, 5) is 15.5. The number of rotatable bonds is 14. The Kier molecular flexibility index (Phi) is 10.5. The average Bonchev–Trinajstić information content (AvgIpc) is 3.11. The van der Waals surface area contributed by atoms with Gasteiger partial charge in [0.05, 0.1) is 18.1 Å². The lowest BCUT2D eigenvalue weighted by Crippen LogP contribution is -2.21. The van der Waals surface area contributed by atoms with E-state index in [1.165, 1.54) is 17.0 Å². The average molecular weight is 430 g/mol. The Morgan fingerprint density at radius 1 is 0.833 bits per heavy atom. The molecule has 2 rings (SSSR count). The molecule has 1 aromatic carbocycles. The second-order valence-corrected chi connectivity index (χ2v) is 8.19. The lowest BCUT2D eigenvalue weighted by atomic mass is 10.1. The van der Waals surface area contributed by atoms with E-state index in [1.54, 1.807) is 0 Å². The van der Waals surface area contributed by atoms with E-state index >= 15 is 0 Å². The van der Waals surface area contributed by atoms with Crippen molar-refractivity contribution in [1.29, 1.82) is 0 Å². The third-order valence-electron chi connectivity index (χ3n) is 4.92. The number of aldehydes is 1. The normalized spacial score (nSPS) is 11.1. The van der Waals surface area contributed by atoms with Crippen LogP contribution >= 0.6 is 11.3 Å². The molecule has 0 N–H and O–H groups in total. The maximum absolute atomic E-state index is 11.6. The highest BCUT2D eigenvalue weighted by Crippen LogP contribution is 2.43. The second kappa shape index (κ2) is 13.1. The van der Waals surface area contributed by atoms with E-state index in [9.17, 15) is 4.79 Å². The summed E-state index contributed by atoms with van der Waals surface area (Å²) in [5, 5.41) is 0. The molecule has 0 radical (unpaired) electrons. The van der Waals surface area contributed by atoms with Gasteiger partial charge in [-0.3, -0.25) is 4.79 Å². The molecule has 0 saturated carbocycles. The minimum Gasteiger partial charge on any atom is -0.488 e. The van der Waals surface area contributed by atoms with E-state index in [2.05, 4.69) is 62.9 Å². The van der Waals surface area contributed by atoms with Crippen LogP contribution in [0.2, 0.25) is 0 Å². The summed E-state index contributed by atoms with van der Waals surface area (Å²) in [6.45, 7) is 11.8. The summed E-state index contributed by atoms with van der Waals surface area (Å²) in [5.41, 5.74) is 2.34. The number of carbonyl (C=O) groups excluding carboxylic acids is 1. The highest BCUT2D eigenvalue weighted by atomic mass is 32.1. The first kappa shape index (κ1) is 24.0. The fourth-order valence-corrected chi connectivity index (χ4v) is 4.00. The van der Waals surface area contributed by atoms with Gasteiger partial charge in [0.15, 0.2) is 17.8 Å². The highest BCUT2D eigenvalue weighted by molar-refractivity contribution is 7.15. The topological polar surface area (TPSA) is 38.8 Å². The molecule has 0 bridgehead atoms. The number of anilines is 1. The standard InChI is InChI=1S/C25H35NO3S/c1-5-9-17-28-24-22(30-23(19-27)25(24)29-18-10-6-2)16-13-20-11-14-21(15-12-20)26(7-3)8-4/h11-16,19H,5-10,17-18H2,1-4H3/b16-13+. The first-order valence-electron chi connectivity index (χ1n) is 11.1. The molecule has 30 heavy (non-hydrogen) atoms. The molecule has 164 valence electrons. The van der Waals surface area contributed by atoms with E-state index in [4.69, 9.17) is 9.47 Å². The lowest BCUT2D eigenvalue weighted by Gasteiger charge is -2.20. The number of hydrogen-bond donors (Lipinski definition) is 0. The molecular formula is C25H35NO3S. The van der Waals surface area contributed by atoms with E-state index in [-0.39, 0.29) is 0 Å². The predicted octanol–water partition coefficient (Wildman–Crippen LogP) is 6.94. The number of unbranched alkanes of at least 4 members (excludes halogenated alkanes) is 2. The maximum atomic E-state index is 11.6. The van der Waals surface area contributed by atoms with Gasteiger partial charge < -0.3 is 14.4 Å². The van der Waals surface area contributed by atoms with Crippen LogP contribution in [0.4, 0.5) is 5.69 Å². The van der Waals surface area contributed by atoms with Crippen LogP contribution in [-0.4, -0.2) is 32.6 Å². The van der Waals surface area contributed by atoms with Crippen molar-refractivity contribution in [2.75, 3.05) is 31.2 Å². The molecule has 0 aliphatic rings. The number of hydrogen-bond acceptors (Lipinski definition) is 5. The van der Waals surface area contributed by atoms with Gasteiger partial charge in [-0.15, -0.1) is 11.3 Å². The number of benzene rings is 1. The summed E-state index contributed by atoms with van der Waals surface area (Å²) >= 11 is 1.42. The first-order chi connectivity index (χ1) is 14.7. The molecule has 0 aliphatic heterocycles. The Hall–Kier alpha value is -2.27. The van der Waals surface area contributed by atoms with Gasteiger partial charge in [-0.1, -0.05) is 44.9 Å². The third-order valence-corrected chi connectivity index (χ3v) is 5.96. The maximum Gasteiger partial charge on any atom is 0.183 e. The molecule has 0 amide bonds. The van der Waals surface area contributed by atoms with Crippen LogP contribution in [0, 0.1) is 0 Å². The smallest absolute Gasteiger partial charge is 0.183 e. The summed E-state index contributed by atoms with van der Waals surface area (Å²) in [5.74, 6) is 1.29. The fraction of sp³-hybridized carbons (Fsp3) is 0.480. The van der Waals surface area contributed by atoms with E-state index in [0.717, 1.165) is 55.5 Å². The molecular weight excluding hydrogens is 394 g/mol. The molecule has 2 aromatic rings. The van der Waals surface area contributed by atoms with Crippen LogP contribution in [0.15, 0.2) is 24.3 Å². The van der Waals surface area contributed by atoms with Gasteiger partial charge >= 0.3 is 0 Å². The first-order valence-corrected chi connectivity index (χ1v) is 11.9. The molecule has 0 fully saturated rings. The van der Waals surface area contributed by atoms with Gasteiger partial charge in [0, 0.05) is 18.8 Å². The Morgan fingerprint density at radius 2 is 1.40 bits per heavy atom. The minimum atomic E-state index is 0.591. The van der Waals surface area contributed by atoms with Crippen LogP contribution in [0.25, 0.3) is 12.2 Å². The molecule has 1 aromatic heterocycles. The lowest BCUT2D eigenvalue weighted by molar-refractivity contribution is 0.112. The number of ether oxygens (including phenoxy) is 2. The SMILES string of the molecule is CCCCOc1c(C=O)sc(/C=C/c2ccc(N(CC)CC)cc2)c1OCCCC. The van der Waals surface area contributed by atoms with Crippen molar-refractivity contribution < 1.29 is 14.3 Å². The van der Waals surface area contributed by atoms with Gasteiger partial charge in [-0.2, -0.15) is 0 Å². The minimum absolute atomic E-state index is 0.591. The molecule has 0 atom stereocenters.